The standard InChI is InChI=1S/C29H37F3N4O3/c1-34(25-8-10-39-17-26(25)38-2)19-11-18-5-4-9-28(18,13-19)27(37)36-16-20-12-21(36)15-35(20)24-7-3-6-23(22(24)14-33)29(30,31)32/h3,6-7,18-21,25-26H,4-5,8-13,15-17H2,1-2H3/t18-,19-,20-,21+,25+,26-,28-/m1/s1. The lowest BCUT2D eigenvalue weighted by molar-refractivity contribution is -0.145. The molecule has 2 aliphatic carbocycles. The van der Waals surface area contributed by atoms with Gasteiger partial charge in [-0.15, -0.1) is 0 Å². The van der Waals surface area contributed by atoms with Gasteiger partial charge >= 0.3 is 6.18 Å². The summed E-state index contributed by atoms with van der Waals surface area (Å²) in [5.41, 5.74) is -1.24. The van der Waals surface area contributed by atoms with E-state index in [1.165, 1.54) is 6.07 Å². The van der Waals surface area contributed by atoms with E-state index in [9.17, 15) is 23.2 Å². The zero-order valence-electron chi connectivity index (χ0n) is 22.6. The molecule has 5 aliphatic rings. The zero-order valence-corrected chi connectivity index (χ0v) is 22.6. The predicted molar refractivity (Wildman–Crippen MR) is 138 cm³/mol. The largest absolute Gasteiger partial charge is 0.417 e. The fourth-order valence-corrected chi connectivity index (χ4v) is 8.56. The average molecular weight is 547 g/mol. The second-order valence-electron chi connectivity index (χ2n) is 12.2. The number of hydrogen-bond acceptors (Lipinski definition) is 6. The molecule has 2 saturated carbocycles. The van der Waals surface area contributed by atoms with Crippen molar-refractivity contribution in [3.63, 3.8) is 0 Å². The fraction of sp³-hybridized carbons (Fsp3) is 0.724. The number of halogens is 3. The molecule has 10 heteroatoms. The number of ether oxygens (including phenoxy) is 2. The summed E-state index contributed by atoms with van der Waals surface area (Å²) in [6.45, 7) is 2.29. The van der Waals surface area contributed by atoms with Crippen molar-refractivity contribution in [2.75, 3.05) is 45.4 Å². The molecule has 0 spiro atoms. The molecule has 3 heterocycles. The van der Waals surface area contributed by atoms with Crippen LogP contribution in [0.4, 0.5) is 18.9 Å². The fourth-order valence-electron chi connectivity index (χ4n) is 8.56. The van der Waals surface area contributed by atoms with Crippen LogP contribution in [0.15, 0.2) is 18.2 Å². The van der Waals surface area contributed by atoms with Crippen molar-refractivity contribution in [3.05, 3.63) is 29.3 Å². The normalized spacial score (nSPS) is 36.0. The third-order valence-electron chi connectivity index (χ3n) is 10.5. The minimum absolute atomic E-state index is 0.0327. The average Bonchev–Trinajstić information content (AvgIpc) is 3.71. The number of nitriles is 1. The molecule has 0 radical (unpaired) electrons. The van der Waals surface area contributed by atoms with Crippen LogP contribution in [0.5, 0.6) is 0 Å². The van der Waals surface area contributed by atoms with E-state index in [2.05, 4.69) is 11.9 Å². The maximum absolute atomic E-state index is 14.3. The van der Waals surface area contributed by atoms with Gasteiger partial charge in [0, 0.05) is 44.9 Å². The van der Waals surface area contributed by atoms with E-state index in [-0.39, 0.29) is 41.1 Å². The van der Waals surface area contributed by atoms with Crippen molar-refractivity contribution in [1.29, 1.82) is 5.26 Å². The number of hydrogen-bond donors (Lipinski definition) is 0. The van der Waals surface area contributed by atoms with E-state index >= 15 is 0 Å². The SMILES string of the molecule is CO[C@@H]1COCC[C@@H]1N(C)[C@@H]1C[C@H]2CCC[C@@]2(C(=O)N2C[C@H]3C[C@H]2CN3c2cccc(C(F)(F)F)c2C#N)C1. The summed E-state index contributed by atoms with van der Waals surface area (Å²) < 4.78 is 52.1. The highest BCUT2D eigenvalue weighted by Crippen LogP contribution is 2.57. The summed E-state index contributed by atoms with van der Waals surface area (Å²) in [4.78, 5) is 20.7. The van der Waals surface area contributed by atoms with E-state index in [0.717, 1.165) is 57.6 Å². The number of nitrogens with zero attached hydrogens (tertiary/aromatic N) is 4. The number of methoxy groups -OCH3 is 1. The number of carbonyl (C=O) groups is 1. The minimum Gasteiger partial charge on any atom is -0.379 e. The zero-order chi connectivity index (χ0) is 27.5. The number of carbonyl (C=O) groups excluding carboxylic acids is 1. The quantitative estimate of drug-likeness (QED) is 0.555. The van der Waals surface area contributed by atoms with Crippen LogP contribution < -0.4 is 4.90 Å². The van der Waals surface area contributed by atoms with Gasteiger partial charge in [0.15, 0.2) is 0 Å². The first-order chi connectivity index (χ1) is 18.7. The molecule has 2 bridgehead atoms. The molecule has 0 N–H and O–H groups in total. The molecule has 1 amide bonds. The smallest absolute Gasteiger partial charge is 0.379 e. The Kier molecular flexibility index (Phi) is 6.84. The van der Waals surface area contributed by atoms with Crippen LogP contribution in [0.1, 0.15) is 56.1 Å². The summed E-state index contributed by atoms with van der Waals surface area (Å²) in [7, 11) is 3.91. The first-order valence-corrected chi connectivity index (χ1v) is 14.2. The third-order valence-corrected chi connectivity index (χ3v) is 10.5. The molecule has 3 aliphatic heterocycles. The van der Waals surface area contributed by atoms with Gasteiger partial charge in [0.2, 0.25) is 5.91 Å². The molecule has 1 aromatic rings. The summed E-state index contributed by atoms with van der Waals surface area (Å²) in [6.07, 6.45) is 2.01. The van der Waals surface area contributed by atoms with Crippen molar-refractivity contribution >= 4 is 11.6 Å². The highest BCUT2D eigenvalue weighted by Gasteiger charge is 2.60. The van der Waals surface area contributed by atoms with Gasteiger partial charge in [0.05, 0.1) is 41.0 Å². The Balaban J connectivity index is 1.18. The summed E-state index contributed by atoms with van der Waals surface area (Å²) >= 11 is 0. The van der Waals surface area contributed by atoms with Gasteiger partial charge in [0.1, 0.15) is 6.07 Å². The second kappa shape index (κ2) is 9.93. The lowest BCUT2D eigenvalue weighted by atomic mass is 9.78. The van der Waals surface area contributed by atoms with Crippen LogP contribution in [0.25, 0.3) is 0 Å². The van der Waals surface area contributed by atoms with Gasteiger partial charge in [-0.25, -0.2) is 0 Å². The van der Waals surface area contributed by atoms with Gasteiger partial charge < -0.3 is 19.3 Å². The monoisotopic (exact) mass is 546 g/mol. The van der Waals surface area contributed by atoms with E-state index in [1.54, 1.807) is 19.2 Å². The van der Waals surface area contributed by atoms with E-state index in [1.807, 2.05) is 9.80 Å². The van der Waals surface area contributed by atoms with Crippen LogP contribution >= 0.6 is 0 Å². The lowest BCUT2D eigenvalue weighted by Gasteiger charge is -2.42. The first-order valence-electron chi connectivity index (χ1n) is 14.2. The number of anilines is 1. The Bertz CT molecular complexity index is 1160. The third kappa shape index (κ3) is 4.32. The van der Waals surface area contributed by atoms with Crippen LogP contribution in [0, 0.1) is 22.7 Å². The van der Waals surface area contributed by atoms with E-state index in [0.29, 0.717) is 37.3 Å². The summed E-state index contributed by atoms with van der Waals surface area (Å²) in [5, 5.41) is 9.61. The number of amides is 1. The first kappa shape index (κ1) is 26.9. The van der Waals surface area contributed by atoms with Crippen LogP contribution in [-0.2, 0) is 20.4 Å². The summed E-state index contributed by atoms with van der Waals surface area (Å²) in [5.74, 6) is 0.607. The Morgan fingerprint density at radius 2 is 2.05 bits per heavy atom. The highest BCUT2D eigenvalue weighted by atomic mass is 19.4. The number of piperazine rings is 1. The number of alkyl halides is 3. The molecular weight excluding hydrogens is 509 g/mol. The van der Waals surface area contributed by atoms with Crippen LogP contribution in [-0.4, -0.2) is 86.4 Å². The van der Waals surface area contributed by atoms with E-state index in [4.69, 9.17) is 9.47 Å². The van der Waals surface area contributed by atoms with Crippen LogP contribution in [0.3, 0.4) is 0 Å². The van der Waals surface area contributed by atoms with Gasteiger partial charge in [0.25, 0.3) is 0 Å². The number of fused-ring (bicyclic) bond motifs is 3. The maximum atomic E-state index is 14.3. The van der Waals surface area contributed by atoms with Gasteiger partial charge in [-0.3, -0.25) is 9.69 Å². The molecule has 7 nitrogen and oxygen atoms in total. The molecule has 1 aromatic carbocycles. The topological polar surface area (TPSA) is 69.0 Å². The van der Waals surface area contributed by atoms with Crippen molar-refractivity contribution in [1.82, 2.24) is 9.80 Å². The molecule has 3 saturated heterocycles. The highest BCUT2D eigenvalue weighted by molar-refractivity contribution is 5.85. The second-order valence-corrected chi connectivity index (χ2v) is 12.2. The predicted octanol–water partition coefficient (Wildman–Crippen LogP) is 4.05. The number of likely N-dealkylation sites (tertiary alicyclic amines) is 1. The molecule has 6 rings (SSSR count). The van der Waals surface area contributed by atoms with Crippen molar-refractivity contribution in [2.24, 2.45) is 11.3 Å². The Morgan fingerprint density at radius 1 is 1.23 bits per heavy atom. The number of rotatable bonds is 5. The molecule has 39 heavy (non-hydrogen) atoms. The Labute approximate surface area is 227 Å². The molecule has 0 aromatic heterocycles. The molecular formula is C29H37F3N4O3. The Morgan fingerprint density at radius 3 is 2.74 bits per heavy atom. The lowest BCUT2D eigenvalue weighted by Crippen LogP contribution is -2.54. The van der Waals surface area contributed by atoms with Crippen molar-refractivity contribution in [3.8, 4) is 6.07 Å². The van der Waals surface area contributed by atoms with Gasteiger partial charge in [-0.05, 0) is 63.6 Å². The van der Waals surface area contributed by atoms with Crippen LogP contribution in [0.2, 0.25) is 0 Å². The molecule has 7 atom stereocenters. The van der Waals surface area contributed by atoms with Crippen molar-refractivity contribution < 1.29 is 27.4 Å². The Hall–Kier alpha value is -2.35. The van der Waals surface area contributed by atoms with Gasteiger partial charge in [-0.2, -0.15) is 18.4 Å². The minimum atomic E-state index is -4.58. The van der Waals surface area contributed by atoms with Gasteiger partial charge in [-0.1, -0.05) is 12.5 Å². The number of likely N-dealkylation sites (N-methyl/N-ethyl adjacent to an activating group) is 1. The van der Waals surface area contributed by atoms with E-state index < -0.39 is 11.7 Å². The molecule has 0 unspecified atom stereocenters. The number of benzene rings is 1. The maximum Gasteiger partial charge on any atom is 0.417 e. The summed E-state index contributed by atoms with van der Waals surface area (Å²) in [6, 6.07) is 6.23. The van der Waals surface area contributed by atoms with Crippen molar-refractivity contribution in [2.45, 2.75) is 81.4 Å². The molecule has 5 fully saturated rings. The molecule has 212 valence electrons.